The van der Waals surface area contributed by atoms with Crippen molar-refractivity contribution < 1.29 is 9.59 Å². The highest BCUT2D eigenvalue weighted by atomic mass is 16.6. The summed E-state index contributed by atoms with van der Waals surface area (Å²) in [6.45, 7) is 1.11. The standard InChI is InChI=1S/C5H14NO.HNO2/c1-6(2,3)4-5-7;2-1-3/h7H,4-5H2,1-3H3;(H,2,3)/q+1;/p-1. The van der Waals surface area contributed by atoms with Crippen LogP contribution in [-0.4, -0.2) is 43.9 Å². The van der Waals surface area contributed by atoms with Gasteiger partial charge in [-0.3, -0.25) is 0 Å². The largest absolute Gasteiger partial charge is 0.444 e. The van der Waals surface area contributed by atoms with E-state index in [2.05, 4.69) is 21.1 Å². The van der Waals surface area contributed by atoms with Gasteiger partial charge in [0.1, 0.15) is 6.54 Å². The summed E-state index contributed by atoms with van der Waals surface area (Å²) in [7, 11) is 6.16. The predicted molar refractivity (Wildman–Crippen MR) is 39.1 cm³/mol. The van der Waals surface area contributed by atoms with Gasteiger partial charge in [-0.1, -0.05) is 0 Å². The Morgan fingerprint density at radius 3 is 1.80 bits per heavy atom. The molecule has 0 aliphatic rings. The monoisotopic (exact) mass is 150 g/mol. The van der Waals surface area contributed by atoms with Crippen molar-refractivity contribution in [3.05, 3.63) is 10.1 Å². The molecule has 0 bridgehead atoms. The molecule has 62 valence electrons. The third-order valence-electron chi connectivity index (χ3n) is 0.771. The van der Waals surface area contributed by atoms with Crippen molar-refractivity contribution in [2.45, 2.75) is 0 Å². The van der Waals surface area contributed by atoms with Crippen LogP contribution in [-0.2, 0) is 0 Å². The van der Waals surface area contributed by atoms with Gasteiger partial charge in [0.05, 0.1) is 27.7 Å². The number of likely N-dealkylation sites (N-methyl/N-ethyl adjacent to an activating group) is 1. The molecule has 0 saturated carbocycles. The summed E-state index contributed by atoms with van der Waals surface area (Å²) in [5.74, 6) is 0. The van der Waals surface area contributed by atoms with Crippen LogP contribution in [0.3, 0.4) is 0 Å². The summed E-state index contributed by atoms with van der Waals surface area (Å²) < 4.78 is 0.844. The zero-order chi connectivity index (χ0) is 8.62. The summed E-state index contributed by atoms with van der Waals surface area (Å²) in [4.78, 5) is 8.00. The molecular formula is C5H14N2O3. The first-order valence-electron chi connectivity index (χ1n) is 2.84. The van der Waals surface area contributed by atoms with Gasteiger partial charge in [0.15, 0.2) is 0 Å². The number of rotatable bonds is 2. The van der Waals surface area contributed by atoms with E-state index in [9.17, 15) is 0 Å². The fourth-order valence-corrected chi connectivity index (χ4v) is 0.300. The van der Waals surface area contributed by atoms with Crippen molar-refractivity contribution in [1.29, 1.82) is 0 Å². The Bertz CT molecular complexity index is 79.5. The summed E-state index contributed by atoms with van der Waals surface area (Å²) >= 11 is 0. The lowest BCUT2D eigenvalue weighted by Gasteiger charge is -2.21. The van der Waals surface area contributed by atoms with Crippen LogP contribution in [0.4, 0.5) is 0 Å². The smallest absolute Gasteiger partial charge is 0.101 e. The minimum absolute atomic E-state index is 0.281. The van der Waals surface area contributed by atoms with Crippen LogP contribution in [0.25, 0.3) is 0 Å². The lowest BCUT2D eigenvalue weighted by Crippen LogP contribution is -2.36. The van der Waals surface area contributed by atoms with Gasteiger partial charge in [-0.2, -0.15) is 0 Å². The third kappa shape index (κ3) is 26.5. The van der Waals surface area contributed by atoms with E-state index in [1.807, 2.05) is 0 Å². The Labute approximate surface area is 60.4 Å². The van der Waals surface area contributed by atoms with Crippen LogP contribution in [0.2, 0.25) is 0 Å². The minimum Gasteiger partial charge on any atom is -0.444 e. The average molecular weight is 150 g/mol. The van der Waals surface area contributed by atoms with Crippen LogP contribution >= 0.6 is 0 Å². The zero-order valence-electron chi connectivity index (χ0n) is 6.57. The highest BCUT2D eigenvalue weighted by Crippen LogP contribution is 1.84. The second kappa shape index (κ2) is 6.44. The first-order chi connectivity index (χ1) is 4.47. The topological polar surface area (TPSA) is 72.7 Å². The van der Waals surface area contributed by atoms with Crippen molar-refractivity contribution in [2.75, 3.05) is 34.3 Å². The van der Waals surface area contributed by atoms with E-state index in [-0.39, 0.29) is 6.61 Å². The molecule has 0 heterocycles. The normalized spacial score (nSPS) is 9.60. The molecule has 0 aromatic carbocycles. The molecule has 0 aliphatic heterocycles. The van der Waals surface area contributed by atoms with E-state index in [0.717, 1.165) is 16.4 Å². The number of hydrogen-bond donors (Lipinski definition) is 1. The van der Waals surface area contributed by atoms with E-state index in [1.165, 1.54) is 0 Å². The van der Waals surface area contributed by atoms with E-state index in [0.29, 0.717) is 0 Å². The van der Waals surface area contributed by atoms with Crippen LogP contribution < -0.4 is 0 Å². The molecule has 0 spiro atoms. The second-order valence-corrected chi connectivity index (χ2v) is 2.81. The molecule has 0 unspecified atom stereocenters. The van der Waals surface area contributed by atoms with Crippen LogP contribution in [0.15, 0.2) is 5.34 Å². The van der Waals surface area contributed by atoms with Gasteiger partial charge >= 0.3 is 0 Å². The molecule has 10 heavy (non-hydrogen) atoms. The molecule has 0 aromatic heterocycles. The molecule has 5 nitrogen and oxygen atoms in total. The van der Waals surface area contributed by atoms with Gasteiger partial charge < -0.3 is 19.7 Å². The van der Waals surface area contributed by atoms with Crippen LogP contribution in [0.1, 0.15) is 0 Å². The lowest BCUT2D eigenvalue weighted by molar-refractivity contribution is -0.870. The molecule has 5 heteroatoms. The molecule has 0 saturated heterocycles. The molecule has 0 radical (unpaired) electrons. The zero-order valence-corrected chi connectivity index (χ0v) is 6.57. The number of nitrogens with zero attached hydrogens (tertiary/aromatic N) is 2. The Kier molecular flexibility index (Phi) is 7.75. The van der Waals surface area contributed by atoms with E-state index in [4.69, 9.17) is 15.2 Å². The Morgan fingerprint density at radius 1 is 1.50 bits per heavy atom. The Hall–Kier alpha value is -0.680. The van der Waals surface area contributed by atoms with Crippen molar-refractivity contribution in [3.63, 3.8) is 0 Å². The van der Waals surface area contributed by atoms with Crippen molar-refractivity contribution in [2.24, 2.45) is 5.34 Å². The quantitative estimate of drug-likeness (QED) is 0.340. The lowest BCUT2D eigenvalue weighted by atomic mass is 10.5. The van der Waals surface area contributed by atoms with Gasteiger partial charge in [-0.25, -0.2) is 0 Å². The number of hydrogen-bond acceptors (Lipinski definition) is 4. The molecule has 0 rings (SSSR count). The third-order valence-corrected chi connectivity index (χ3v) is 0.771. The predicted octanol–water partition coefficient (Wildman–Crippen LogP) is -0.0645. The van der Waals surface area contributed by atoms with Gasteiger partial charge in [-0.15, -0.1) is 5.34 Å². The number of aliphatic hydroxyl groups is 1. The van der Waals surface area contributed by atoms with E-state index in [1.54, 1.807) is 0 Å². The molecule has 1 N–H and O–H groups in total. The van der Waals surface area contributed by atoms with Crippen LogP contribution in [0, 0.1) is 10.1 Å². The highest BCUT2D eigenvalue weighted by Gasteiger charge is 2.02. The maximum absolute atomic E-state index is 8.39. The van der Waals surface area contributed by atoms with Gasteiger partial charge in [-0.05, 0) is 0 Å². The van der Waals surface area contributed by atoms with Crippen LogP contribution in [0.5, 0.6) is 0 Å². The SMILES string of the molecule is C[N+](C)(C)CCO.O=N[O-]. The Balaban J connectivity index is 0. The fraction of sp³-hybridized carbons (Fsp3) is 1.00. The van der Waals surface area contributed by atoms with E-state index < -0.39 is 0 Å². The highest BCUT2D eigenvalue weighted by molar-refractivity contribution is 4.21. The number of quaternary nitrogens is 1. The average Bonchev–Trinajstić information content (AvgIpc) is 1.63. The van der Waals surface area contributed by atoms with Crippen molar-refractivity contribution in [3.8, 4) is 0 Å². The first-order valence-corrected chi connectivity index (χ1v) is 2.84. The maximum Gasteiger partial charge on any atom is 0.101 e. The van der Waals surface area contributed by atoms with Gasteiger partial charge in [0.25, 0.3) is 0 Å². The van der Waals surface area contributed by atoms with Crippen molar-refractivity contribution >= 4 is 0 Å². The molecule has 0 fully saturated rings. The van der Waals surface area contributed by atoms with Gasteiger partial charge in [0.2, 0.25) is 0 Å². The second-order valence-electron chi connectivity index (χ2n) is 2.81. The van der Waals surface area contributed by atoms with Crippen molar-refractivity contribution in [1.82, 2.24) is 0 Å². The molecule has 0 amide bonds. The summed E-state index contributed by atoms with van der Waals surface area (Å²) in [6, 6.07) is 0. The maximum atomic E-state index is 8.39. The molecule has 0 atom stereocenters. The Morgan fingerprint density at radius 2 is 1.80 bits per heavy atom. The molecule has 0 aliphatic carbocycles. The molecule has 0 aromatic rings. The molecular weight excluding hydrogens is 136 g/mol. The summed E-state index contributed by atoms with van der Waals surface area (Å²) in [5, 5.41) is 17.4. The minimum atomic E-state index is 0.281. The van der Waals surface area contributed by atoms with Gasteiger partial charge in [0, 0.05) is 0 Å². The first kappa shape index (κ1) is 12.0. The van der Waals surface area contributed by atoms with E-state index >= 15 is 0 Å². The summed E-state index contributed by atoms with van der Waals surface area (Å²) in [6.07, 6.45) is 0. The summed E-state index contributed by atoms with van der Waals surface area (Å²) in [5.41, 5.74) is 0. The number of aliphatic hydroxyl groups excluding tert-OH is 1. The fourth-order valence-electron chi connectivity index (χ4n) is 0.300.